The zero-order valence-electron chi connectivity index (χ0n) is 15.9. The highest BCUT2D eigenvalue weighted by Crippen LogP contribution is 2.30. The van der Waals surface area contributed by atoms with Crippen molar-refractivity contribution >= 4 is 40.9 Å². The minimum atomic E-state index is -1.28. The molecule has 28 heavy (non-hydrogen) atoms. The van der Waals surface area contributed by atoms with E-state index in [0.717, 1.165) is 16.0 Å². The zero-order chi connectivity index (χ0) is 20.9. The highest BCUT2D eigenvalue weighted by molar-refractivity contribution is 7.99. The summed E-state index contributed by atoms with van der Waals surface area (Å²) in [6.45, 7) is 9.35. The molecule has 0 aliphatic rings. The number of hydrogen-bond donors (Lipinski definition) is 1. The van der Waals surface area contributed by atoms with Crippen molar-refractivity contribution in [2.24, 2.45) is 0 Å². The summed E-state index contributed by atoms with van der Waals surface area (Å²) in [4.78, 5) is 12.3. The van der Waals surface area contributed by atoms with E-state index in [4.69, 9.17) is 32.7 Å². The summed E-state index contributed by atoms with van der Waals surface area (Å²) in [7, 11) is 0. The van der Waals surface area contributed by atoms with Gasteiger partial charge in [-0.2, -0.15) is 0 Å². The van der Waals surface area contributed by atoms with E-state index < -0.39 is 11.6 Å². The first-order valence-corrected chi connectivity index (χ1v) is 10.2. The first-order chi connectivity index (χ1) is 13.1. The Balaban J connectivity index is 1.88. The van der Waals surface area contributed by atoms with Crippen LogP contribution in [0.15, 0.2) is 53.4 Å². The number of aliphatic carboxylic acids is 1. The number of carboxylic acid groups (broad SMARTS) is 1. The Hall–Kier alpha value is -1.82. The number of benzene rings is 2. The van der Waals surface area contributed by atoms with Crippen LogP contribution in [0.1, 0.15) is 19.4 Å². The highest BCUT2D eigenvalue weighted by atomic mass is 35.5. The number of carbonyl (C=O) groups is 1. The SMILES string of the molecule is C=C(COc1ccc(Cl)c(Cl)c1)CSc1ccc(OC(C)(C)C(=O)O)c(C)c1. The Morgan fingerprint density at radius 3 is 2.50 bits per heavy atom. The van der Waals surface area contributed by atoms with E-state index in [1.165, 1.54) is 13.8 Å². The van der Waals surface area contributed by atoms with Crippen molar-refractivity contribution in [3.8, 4) is 11.5 Å². The maximum absolute atomic E-state index is 11.2. The third kappa shape index (κ3) is 6.36. The fourth-order valence-corrected chi connectivity index (χ4v) is 3.29. The van der Waals surface area contributed by atoms with Gasteiger partial charge in [0.1, 0.15) is 18.1 Å². The Bertz CT molecular complexity index is 881. The van der Waals surface area contributed by atoms with E-state index >= 15 is 0 Å². The third-order valence-electron chi connectivity index (χ3n) is 3.80. The summed E-state index contributed by atoms with van der Waals surface area (Å²) < 4.78 is 11.3. The van der Waals surface area contributed by atoms with Gasteiger partial charge in [-0.15, -0.1) is 11.8 Å². The lowest BCUT2D eigenvalue weighted by atomic mass is 10.1. The number of halogens is 2. The Morgan fingerprint density at radius 2 is 1.89 bits per heavy atom. The predicted octanol–water partition coefficient (Wildman–Crippen LogP) is 6.27. The first-order valence-electron chi connectivity index (χ1n) is 8.49. The van der Waals surface area contributed by atoms with Crippen molar-refractivity contribution in [2.45, 2.75) is 31.3 Å². The second-order valence-electron chi connectivity index (χ2n) is 6.75. The molecule has 0 saturated heterocycles. The molecule has 0 radical (unpaired) electrons. The number of aryl methyl sites for hydroxylation is 1. The van der Waals surface area contributed by atoms with Crippen molar-refractivity contribution in [3.63, 3.8) is 0 Å². The molecule has 1 N–H and O–H groups in total. The number of rotatable bonds is 9. The van der Waals surface area contributed by atoms with E-state index in [2.05, 4.69) is 6.58 Å². The minimum absolute atomic E-state index is 0.373. The molecule has 150 valence electrons. The molecule has 0 aliphatic carbocycles. The lowest BCUT2D eigenvalue weighted by Gasteiger charge is -2.23. The summed E-state index contributed by atoms with van der Waals surface area (Å²) in [5, 5.41) is 10.1. The van der Waals surface area contributed by atoms with Crippen LogP contribution in [0.3, 0.4) is 0 Å². The van der Waals surface area contributed by atoms with Gasteiger partial charge in [0.25, 0.3) is 0 Å². The average molecular weight is 441 g/mol. The van der Waals surface area contributed by atoms with Crippen LogP contribution in [-0.2, 0) is 4.79 Å². The highest BCUT2D eigenvalue weighted by Gasteiger charge is 2.29. The molecule has 0 aromatic heterocycles. The minimum Gasteiger partial charge on any atom is -0.489 e. The normalized spacial score (nSPS) is 11.2. The molecule has 7 heteroatoms. The standard InChI is InChI=1S/C21H22Cl2O4S/c1-13(11-26-15-5-7-17(22)18(23)10-15)12-28-16-6-8-19(14(2)9-16)27-21(3,4)20(24)25/h5-10H,1,11-12H2,2-4H3,(H,24,25). The van der Waals surface area contributed by atoms with Gasteiger partial charge in [-0.05, 0) is 62.2 Å². The van der Waals surface area contributed by atoms with Crippen LogP contribution >= 0.6 is 35.0 Å². The van der Waals surface area contributed by atoms with Gasteiger partial charge in [-0.25, -0.2) is 4.79 Å². The number of ether oxygens (including phenoxy) is 2. The van der Waals surface area contributed by atoms with Gasteiger partial charge in [0.15, 0.2) is 5.60 Å². The molecule has 0 aliphatic heterocycles. The van der Waals surface area contributed by atoms with E-state index in [1.807, 2.05) is 19.1 Å². The van der Waals surface area contributed by atoms with Crippen LogP contribution in [0.5, 0.6) is 11.5 Å². The van der Waals surface area contributed by atoms with Crippen molar-refractivity contribution in [1.82, 2.24) is 0 Å². The zero-order valence-corrected chi connectivity index (χ0v) is 18.2. The molecule has 0 fully saturated rings. The summed E-state index contributed by atoms with van der Waals surface area (Å²) >= 11 is 13.5. The smallest absolute Gasteiger partial charge is 0.347 e. The fourth-order valence-electron chi connectivity index (χ4n) is 2.12. The lowest BCUT2D eigenvalue weighted by Crippen LogP contribution is -2.38. The molecule has 0 unspecified atom stereocenters. The molecular weight excluding hydrogens is 419 g/mol. The van der Waals surface area contributed by atoms with Crippen LogP contribution in [0.25, 0.3) is 0 Å². The molecule has 0 atom stereocenters. The van der Waals surface area contributed by atoms with Crippen molar-refractivity contribution in [3.05, 3.63) is 64.2 Å². The van der Waals surface area contributed by atoms with Gasteiger partial charge in [-0.1, -0.05) is 29.8 Å². The van der Waals surface area contributed by atoms with Crippen LogP contribution in [0.4, 0.5) is 0 Å². The summed E-state index contributed by atoms with van der Waals surface area (Å²) in [5.74, 6) is 0.864. The van der Waals surface area contributed by atoms with E-state index in [9.17, 15) is 9.90 Å². The van der Waals surface area contributed by atoms with Gasteiger partial charge in [-0.3, -0.25) is 0 Å². The van der Waals surface area contributed by atoms with E-state index in [1.54, 1.807) is 36.0 Å². The molecule has 0 amide bonds. The second kappa shape index (κ2) is 9.59. The number of thioether (sulfide) groups is 1. The van der Waals surface area contributed by atoms with Gasteiger partial charge in [0.05, 0.1) is 10.0 Å². The topological polar surface area (TPSA) is 55.8 Å². The van der Waals surface area contributed by atoms with Gasteiger partial charge < -0.3 is 14.6 Å². The van der Waals surface area contributed by atoms with Crippen molar-refractivity contribution in [2.75, 3.05) is 12.4 Å². The number of hydrogen-bond acceptors (Lipinski definition) is 4. The Kier molecular flexibility index (Phi) is 7.70. The molecule has 4 nitrogen and oxygen atoms in total. The number of carboxylic acids is 1. The maximum Gasteiger partial charge on any atom is 0.347 e. The molecule has 2 aromatic carbocycles. The van der Waals surface area contributed by atoms with E-state index in [0.29, 0.717) is 33.9 Å². The van der Waals surface area contributed by atoms with Crippen molar-refractivity contribution in [1.29, 1.82) is 0 Å². The Morgan fingerprint density at radius 1 is 1.18 bits per heavy atom. The first kappa shape index (κ1) is 22.5. The quantitative estimate of drug-likeness (QED) is 0.367. The van der Waals surface area contributed by atoms with Gasteiger partial charge in [0.2, 0.25) is 0 Å². The van der Waals surface area contributed by atoms with Crippen molar-refractivity contribution < 1.29 is 19.4 Å². The molecule has 0 bridgehead atoms. The molecule has 2 aromatic rings. The molecule has 0 spiro atoms. The molecule has 2 rings (SSSR count). The van der Waals surface area contributed by atoms with Gasteiger partial charge >= 0.3 is 5.97 Å². The van der Waals surface area contributed by atoms with E-state index in [-0.39, 0.29) is 0 Å². The van der Waals surface area contributed by atoms with Crippen LogP contribution in [0, 0.1) is 6.92 Å². The summed E-state index contributed by atoms with van der Waals surface area (Å²) in [5.41, 5.74) is 0.508. The monoisotopic (exact) mass is 440 g/mol. The van der Waals surface area contributed by atoms with Crippen LogP contribution in [-0.4, -0.2) is 29.0 Å². The second-order valence-corrected chi connectivity index (χ2v) is 8.61. The summed E-state index contributed by atoms with van der Waals surface area (Å²) in [6, 6.07) is 10.8. The van der Waals surface area contributed by atoms with Gasteiger partial charge in [0, 0.05) is 16.7 Å². The molecule has 0 saturated carbocycles. The van der Waals surface area contributed by atoms with Crippen LogP contribution < -0.4 is 9.47 Å². The maximum atomic E-state index is 11.2. The van der Waals surface area contributed by atoms with Crippen LogP contribution in [0.2, 0.25) is 10.0 Å². The lowest BCUT2D eigenvalue weighted by molar-refractivity contribution is -0.152. The molecule has 0 heterocycles. The largest absolute Gasteiger partial charge is 0.489 e. The molecular formula is C21H22Cl2O4S. The Labute approximate surface area is 179 Å². The third-order valence-corrected chi connectivity index (χ3v) is 5.68. The average Bonchev–Trinajstić information content (AvgIpc) is 2.62. The predicted molar refractivity (Wildman–Crippen MR) is 115 cm³/mol. The summed E-state index contributed by atoms with van der Waals surface area (Å²) in [6.07, 6.45) is 0. The fraction of sp³-hybridized carbons (Fsp3) is 0.286.